The number of rotatable bonds is 6. The lowest BCUT2D eigenvalue weighted by molar-refractivity contribution is -0.132. The smallest absolute Gasteiger partial charge is 0.257 e. The standard InChI is InChI=1S/C20H29N3O3S/c1-5-9-23-19(25)17(6-12-27-4)21-20(23)7-10-22(11-8-20)18(24)16-13-14(2)26-15(16)3/h5,13,17,21H,1,6-12H2,2-4H3. The Labute approximate surface area is 165 Å². The van der Waals surface area contributed by atoms with Crippen LogP contribution >= 0.6 is 11.8 Å². The highest BCUT2D eigenvalue weighted by Gasteiger charge is 2.51. The molecule has 7 heteroatoms. The number of amides is 2. The van der Waals surface area contributed by atoms with E-state index in [0.29, 0.717) is 31.0 Å². The highest BCUT2D eigenvalue weighted by atomic mass is 32.2. The van der Waals surface area contributed by atoms with E-state index < -0.39 is 0 Å². The van der Waals surface area contributed by atoms with Crippen LogP contribution in [0.4, 0.5) is 0 Å². The van der Waals surface area contributed by atoms with Crippen LogP contribution in [0.1, 0.15) is 41.1 Å². The van der Waals surface area contributed by atoms with Crippen LogP contribution in [0.3, 0.4) is 0 Å². The Morgan fingerprint density at radius 1 is 1.44 bits per heavy atom. The second-order valence-corrected chi connectivity index (χ2v) is 8.35. The van der Waals surface area contributed by atoms with Crippen LogP contribution < -0.4 is 5.32 Å². The fourth-order valence-electron chi connectivity index (χ4n) is 4.20. The van der Waals surface area contributed by atoms with Gasteiger partial charge in [-0.3, -0.25) is 14.9 Å². The van der Waals surface area contributed by atoms with E-state index in [1.54, 1.807) is 17.8 Å². The molecule has 2 fully saturated rings. The summed E-state index contributed by atoms with van der Waals surface area (Å²) in [4.78, 5) is 29.5. The number of piperidine rings is 1. The van der Waals surface area contributed by atoms with Crippen molar-refractivity contribution in [2.24, 2.45) is 0 Å². The number of hydrogen-bond donors (Lipinski definition) is 1. The molecule has 6 nitrogen and oxygen atoms in total. The third-order valence-corrected chi connectivity index (χ3v) is 6.24. The molecule has 0 aliphatic carbocycles. The summed E-state index contributed by atoms with van der Waals surface area (Å²) in [5, 5.41) is 3.60. The van der Waals surface area contributed by atoms with E-state index in [9.17, 15) is 9.59 Å². The molecule has 1 aromatic heterocycles. The van der Waals surface area contributed by atoms with Gasteiger partial charge >= 0.3 is 0 Å². The number of furan rings is 1. The van der Waals surface area contributed by atoms with Gasteiger partial charge in [-0.25, -0.2) is 0 Å². The number of nitrogens with one attached hydrogen (secondary N) is 1. The van der Waals surface area contributed by atoms with Crippen molar-refractivity contribution in [3.63, 3.8) is 0 Å². The Hall–Kier alpha value is -1.73. The highest BCUT2D eigenvalue weighted by molar-refractivity contribution is 7.98. The lowest BCUT2D eigenvalue weighted by Gasteiger charge is -2.44. The summed E-state index contributed by atoms with van der Waals surface area (Å²) in [6, 6.07) is 1.67. The molecule has 148 valence electrons. The van der Waals surface area contributed by atoms with E-state index in [0.717, 1.165) is 30.8 Å². The molecule has 0 saturated carbocycles. The topological polar surface area (TPSA) is 65.8 Å². The lowest BCUT2D eigenvalue weighted by Crippen LogP contribution is -2.59. The number of nitrogens with zero attached hydrogens (tertiary/aromatic N) is 2. The van der Waals surface area contributed by atoms with Gasteiger partial charge in [0.25, 0.3) is 5.91 Å². The fraction of sp³-hybridized carbons (Fsp3) is 0.600. The van der Waals surface area contributed by atoms with Crippen molar-refractivity contribution in [2.45, 2.75) is 44.8 Å². The number of hydrogen-bond acceptors (Lipinski definition) is 5. The fourth-order valence-corrected chi connectivity index (χ4v) is 4.67. The van der Waals surface area contributed by atoms with Gasteiger partial charge in [-0.15, -0.1) is 6.58 Å². The number of carbonyl (C=O) groups excluding carboxylic acids is 2. The Balaban J connectivity index is 1.71. The van der Waals surface area contributed by atoms with Crippen molar-refractivity contribution in [2.75, 3.05) is 31.6 Å². The summed E-state index contributed by atoms with van der Waals surface area (Å²) in [6.07, 6.45) is 6.12. The van der Waals surface area contributed by atoms with Crippen molar-refractivity contribution in [3.8, 4) is 0 Å². The van der Waals surface area contributed by atoms with Crippen LogP contribution in [0.2, 0.25) is 0 Å². The van der Waals surface area contributed by atoms with Crippen molar-refractivity contribution >= 4 is 23.6 Å². The van der Waals surface area contributed by atoms with Crippen molar-refractivity contribution < 1.29 is 14.0 Å². The van der Waals surface area contributed by atoms with Gasteiger partial charge in [0.15, 0.2) is 0 Å². The number of aryl methyl sites for hydroxylation is 2. The van der Waals surface area contributed by atoms with E-state index in [4.69, 9.17) is 4.42 Å². The number of carbonyl (C=O) groups is 2. The molecule has 1 spiro atoms. The monoisotopic (exact) mass is 391 g/mol. The number of likely N-dealkylation sites (tertiary alicyclic amines) is 1. The van der Waals surface area contributed by atoms with Gasteiger partial charge in [-0.2, -0.15) is 11.8 Å². The first-order valence-electron chi connectivity index (χ1n) is 9.47. The Kier molecular flexibility index (Phi) is 6.01. The van der Waals surface area contributed by atoms with E-state index in [1.165, 1.54) is 0 Å². The molecule has 0 radical (unpaired) electrons. The zero-order valence-corrected chi connectivity index (χ0v) is 17.2. The van der Waals surface area contributed by atoms with Gasteiger partial charge in [0.1, 0.15) is 11.5 Å². The summed E-state index contributed by atoms with van der Waals surface area (Å²) >= 11 is 1.75. The molecule has 0 aromatic carbocycles. The molecule has 1 atom stereocenters. The van der Waals surface area contributed by atoms with Gasteiger partial charge < -0.3 is 14.2 Å². The zero-order chi connectivity index (χ0) is 19.6. The van der Waals surface area contributed by atoms with Crippen molar-refractivity contribution in [3.05, 3.63) is 35.8 Å². The molecule has 1 N–H and O–H groups in total. The second-order valence-electron chi connectivity index (χ2n) is 7.37. The SMILES string of the molecule is C=CCN1C(=O)C(CCSC)NC12CCN(C(=O)c1cc(C)oc1C)CC2. The Bertz CT molecular complexity index is 722. The van der Waals surface area contributed by atoms with E-state index in [-0.39, 0.29) is 23.5 Å². The van der Waals surface area contributed by atoms with Crippen LogP contribution in [-0.2, 0) is 4.79 Å². The minimum absolute atomic E-state index is 0.0118. The molecule has 1 aromatic rings. The second kappa shape index (κ2) is 8.10. The molecule has 2 aliphatic heterocycles. The first-order valence-corrected chi connectivity index (χ1v) is 10.9. The van der Waals surface area contributed by atoms with E-state index >= 15 is 0 Å². The quantitative estimate of drug-likeness (QED) is 0.755. The van der Waals surface area contributed by atoms with Crippen LogP contribution in [0.15, 0.2) is 23.1 Å². The van der Waals surface area contributed by atoms with Gasteiger partial charge in [0.05, 0.1) is 17.3 Å². The molecule has 0 bridgehead atoms. The first-order chi connectivity index (χ1) is 12.9. The van der Waals surface area contributed by atoms with Crippen molar-refractivity contribution in [1.82, 2.24) is 15.1 Å². The predicted octanol–water partition coefficient (Wildman–Crippen LogP) is 2.57. The molecule has 2 aliphatic rings. The summed E-state index contributed by atoms with van der Waals surface area (Å²) in [5.74, 6) is 2.53. The van der Waals surface area contributed by atoms with Gasteiger partial charge in [-0.1, -0.05) is 6.08 Å². The maximum Gasteiger partial charge on any atom is 0.257 e. The largest absolute Gasteiger partial charge is 0.466 e. The molecule has 2 saturated heterocycles. The summed E-state index contributed by atoms with van der Waals surface area (Å²) < 4.78 is 5.51. The maximum absolute atomic E-state index is 12.9. The normalized spacial score (nSPS) is 21.9. The Morgan fingerprint density at radius 3 is 2.70 bits per heavy atom. The molecule has 27 heavy (non-hydrogen) atoms. The molecule has 3 rings (SSSR count). The van der Waals surface area contributed by atoms with Gasteiger partial charge in [-0.05, 0) is 38.3 Å². The third kappa shape index (κ3) is 3.80. The van der Waals surface area contributed by atoms with E-state index in [2.05, 4.69) is 18.2 Å². The first kappa shape index (κ1) is 20.0. The number of thioether (sulfide) groups is 1. The van der Waals surface area contributed by atoms with E-state index in [1.807, 2.05) is 29.7 Å². The minimum atomic E-state index is -0.369. The summed E-state index contributed by atoms with van der Waals surface area (Å²) in [7, 11) is 0. The highest BCUT2D eigenvalue weighted by Crippen LogP contribution is 2.34. The molecular formula is C20H29N3O3S. The van der Waals surface area contributed by atoms with Crippen molar-refractivity contribution in [1.29, 1.82) is 0 Å². The van der Waals surface area contributed by atoms with Crippen LogP contribution in [0.25, 0.3) is 0 Å². The summed E-state index contributed by atoms with van der Waals surface area (Å²) in [5.41, 5.74) is 0.270. The molecule has 2 amide bonds. The average molecular weight is 392 g/mol. The molecular weight excluding hydrogens is 362 g/mol. The van der Waals surface area contributed by atoms with Crippen LogP contribution in [0.5, 0.6) is 0 Å². The van der Waals surface area contributed by atoms with Gasteiger partial charge in [0, 0.05) is 32.5 Å². The van der Waals surface area contributed by atoms with Crippen LogP contribution in [0, 0.1) is 13.8 Å². The predicted molar refractivity (Wildman–Crippen MR) is 108 cm³/mol. The Morgan fingerprint density at radius 2 is 2.15 bits per heavy atom. The lowest BCUT2D eigenvalue weighted by atomic mass is 9.95. The average Bonchev–Trinajstić information content (AvgIpc) is 3.11. The summed E-state index contributed by atoms with van der Waals surface area (Å²) in [6.45, 7) is 9.27. The van der Waals surface area contributed by atoms with Gasteiger partial charge in [0.2, 0.25) is 5.91 Å². The molecule has 3 heterocycles. The maximum atomic E-state index is 12.9. The zero-order valence-electron chi connectivity index (χ0n) is 16.4. The van der Waals surface area contributed by atoms with Crippen LogP contribution in [-0.4, -0.2) is 65.0 Å². The molecule has 1 unspecified atom stereocenters. The third-order valence-electron chi connectivity index (χ3n) is 5.60. The minimum Gasteiger partial charge on any atom is -0.466 e.